The number of carbonyl (C=O) groups is 1. The van der Waals surface area contributed by atoms with Crippen LogP contribution < -0.4 is 11.1 Å². The summed E-state index contributed by atoms with van der Waals surface area (Å²) in [6, 6.07) is 7.46. The van der Waals surface area contributed by atoms with Crippen LogP contribution in [-0.2, 0) is 7.05 Å². The summed E-state index contributed by atoms with van der Waals surface area (Å²) in [5.41, 5.74) is 8.04. The molecule has 0 aliphatic carbocycles. The van der Waals surface area contributed by atoms with Crippen LogP contribution in [0.2, 0.25) is 0 Å². The normalized spacial score (nSPS) is 12.2. The van der Waals surface area contributed by atoms with Gasteiger partial charge in [0.15, 0.2) is 0 Å². The summed E-state index contributed by atoms with van der Waals surface area (Å²) >= 11 is 0. The summed E-state index contributed by atoms with van der Waals surface area (Å²) in [6.45, 7) is 1.90. The van der Waals surface area contributed by atoms with Crippen LogP contribution in [0.3, 0.4) is 0 Å². The molecule has 1 aromatic carbocycles. The fraction of sp³-hybridized carbons (Fsp3) is 0.231. The van der Waals surface area contributed by atoms with Gasteiger partial charge in [-0.3, -0.25) is 4.79 Å². The Morgan fingerprint density at radius 3 is 2.89 bits per heavy atom. The van der Waals surface area contributed by atoms with E-state index in [0.717, 1.165) is 11.3 Å². The van der Waals surface area contributed by atoms with Crippen molar-refractivity contribution in [3.05, 3.63) is 48.0 Å². The van der Waals surface area contributed by atoms with E-state index in [1.807, 2.05) is 31.2 Å². The molecule has 0 saturated carbocycles. The third-order valence-electron chi connectivity index (χ3n) is 2.72. The zero-order valence-electron chi connectivity index (χ0n) is 10.4. The van der Waals surface area contributed by atoms with Crippen LogP contribution >= 0.6 is 0 Å². The van der Waals surface area contributed by atoms with Crippen LogP contribution in [0.4, 0.5) is 5.69 Å². The molecule has 1 aromatic heterocycles. The number of hydrogen-bond donors (Lipinski definition) is 2. The molecule has 18 heavy (non-hydrogen) atoms. The van der Waals surface area contributed by atoms with Crippen molar-refractivity contribution in [3.63, 3.8) is 0 Å². The standard InChI is InChI=1S/C13H16N4O/c1-9(14)10-4-3-5-11(6-10)16-13(18)12-7-15-8-17(12)2/h3-9H,14H2,1-2H3,(H,16,18). The number of rotatable bonds is 3. The van der Waals surface area contributed by atoms with Crippen LogP contribution in [0.5, 0.6) is 0 Å². The summed E-state index contributed by atoms with van der Waals surface area (Å²) in [5, 5.41) is 2.83. The quantitative estimate of drug-likeness (QED) is 0.863. The number of nitrogens with one attached hydrogen (secondary N) is 1. The fourth-order valence-electron chi connectivity index (χ4n) is 1.67. The number of imidazole rings is 1. The number of aromatic nitrogens is 2. The van der Waals surface area contributed by atoms with Gasteiger partial charge in [0, 0.05) is 18.8 Å². The van der Waals surface area contributed by atoms with Crippen LogP contribution in [0.25, 0.3) is 0 Å². The molecular formula is C13H16N4O. The van der Waals surface area contributed by atoms with E-state index in [1.54, 1.807) is 17.9 Å². The zero-order valence-corrected chi connectivity index (χ0v) is 10.4. The highest BCUT2D eigenvalue weighted by atomic mass is 16.1. The van der Waals surface area contributed by atoms with Gasteiger partial charge < -0.3 is 15.6 Å². The molecule has 2 aromatic rings. The molecule has 3 N–H and O–H groups in total. The molecule has 0 fully saturated rings. The molecule has 0 aliphatic rings. The van der Waals surface area contributed by atoms with Gasteiger partial charge in [0.25, 0.3) is 5.91 Å². The lowest BCUT2D eigenvalue weighted by Crippen LogP contribution is -2.15. The number of nitrogens with zero attached hydrogens (tertiary/aromatic N) is 2. The molecule has 5 nitrogen and oxygen atoms in total. The largest absolute Gasteiger partial charge is 0.330 e. The van der Waals surface area contributed by atoms with Gasteiger partial charge in [-0.25, -0.2) is 4.98 Å². The van der Waals surface area contributed by atoms with Crippen LogP contribution in [0, 0.1) is 0 Å². The van der Waals surface area contributed by atoms with Crippen molar-refractivity contribution in [2.75, 3.05) is 5.32 Å². The number of amides is 1. The maximum atomic E-state index is 12.0. The van der Waals surface area contributed by atoms with Gasteiger partial charge in [-0.1, -0.05) is 12.1 Å². The molecular weight excluding hydrogens is 228 g/mol. The van der Waals surface area contributed by atoms with Gasteiger partial charge in [0.2, 0.25) is 0 Å². The highest BCUT2D eigenvalue weighted by Crippen LogP contribution is 2.16. The van der Waals surface area contributed by atoms with Gasteiger partial charge >= 0.3 is 0 Å². The van der Waals surface area contributed by atoms with Crippen molar-refractivity contribution in [1.82, 2.24) is 9.55 Å². The van der Waals surface area contributed by atoms with Crippen molar-refractivity contribution in [2.24, 2.45) is 12.8 Å². The number of benzene rings is 1. The molecule has 94 valence electrons. The predicted octanol–water partition coefficient (Wildman–Crippen LogP) is 1.69. The van der Waals surface area contributed by atoms with Gasteiger partial charge in [-0.15, -0.1) is 0 Å². The van der Waals surface area contributed by atoms with Crippen molar-refractivity contribution in [3.8, 4) is 0 Å². The van der Waals surface area contributed by atoms with Crippen molar-refractivity contribution >= 4 is 11.6 Å². The van der Waals surface area contributed by atoms with E-state index in [1.165, 1.54) is 6.20 Å². The van der Waals surface area contributed by atoms with E-state index in [4.69, 9.17) is 5.73 Å². The molecule has 1 amide bonds. The maximum absolute atomic E-state index is 12.0. The summed E-state index contributed by atoms with van der Waals surface area (Å²) < 4.78 is 1.67. The monoisotopic (exact) mass is 244 g/mol. The number of nitrogens with two attached hydrogens (primary N) is 1. The average molecular weight is 244 g/mol. The van der Waals surface area contributed by atoms with Crippen molar-refractivity contribution in [1.29, 1.82) is 0 Å². The SMILES string of the molecule is CC(N)c1cccc(NC(=O)c2cncn2C)c1. The molecule has 1 unspecified atom stereocenters. The third kappa shape index (κ3) is 2.57. The van der Waals surface area contributed by atoms with Gasteiger partial charge in [0.1, 0.15) is 5.69 Å². The van der Waals surface area contributed by atoms with E-state index >= 15 is 0 Å². The predicted molar refractivity (Wildman–Crippen MR) is 70.2 cm³/mol. The Morgan fingerprint density at radius 1 is 1.50 bits per heavy atom. The van der Waals surface area contributed by atoms with Crippen LogP contribution in [0.1, 0.15) is 29.0 Å². The number of hydrogen-bond acceptors (Lipinski definition) is 3. The van der Waals surface area contributed by atoms with Crippen molar-refractivity contribution < 1.29 is 4.79 Å². The molecule has 0 radical (unpaired) electrons. The molecule has 5 heteroatoms. The topological polar surface area (TPSA) is 72.9 Å². The lowest BCUT2D eigenvalue weighted by atomic mass is 10.1. The fourth-order valence-corrected chi connectivity index (χ4v) is 1.67. The number of anilines is 1. The summed E-state index contributed by atoms with van der Waals surface area (Å²) in [4.78, 5) is 15.9. The first kappa shape index (κ1) is 12.3. The Morgan fingerprint density at radius 2 is 2.28 bits per heavy atom. The second-order valence-corrected chi connectivity index (χ2v) is 4.26. The highest BCUT2D eigenvalue weighted by molar-refractivity contribution is 6.02. The minimum Gasteiger partial charge on any atom is -0.330 e. The molecule has 0 spiro atoms. The second kappa shape index (κ2) is 5.01. The molecule has 1 heterocycles. The Kier molecular flexibility index (Phi) is 3.43. The van der Waals surface area contributed by atoms with E-state index in [-0.39, 0.29) is 11.9 Å². The minimum atomic E-state index is -0.183. The molecule has 2 rings (SSSR count). The molecule has 0 aliphatic heterocycles. The number of aryl methyl sites for hydroxylation is 1. The minimum absolute atomic E-state index is 0.0569. The Bertz CT molecular complexity index is 560. The van der Waals surface area contributed by atoms with E-state index in [0.29, 0.717) is 5.69 Å². The lowest BCUT2D eigenvalue weighted by molar-refractivity contribution is 0.101. The number of carbonyl (C=O) groups excluding carboxylic acids is 1. The van der Waals surface area contributed by atoms with Crippen LogP contribution in [0.15, 0.2) is 36.8 Å². The third-order valence-corrected chi connectivity index (χ3v) is 2.72. The Balaban J connectivity index is 2.17. The summed E-state index contributed by atoms with van der Waals surface area (Å²) in [7, 11) is 1.78. The first-order chi connectivity index (χ1) is 8.58. The molecule has 0 saturated heterocycles. The Hall–Kier alpha value is -2.14. The van der Waals surface area contributed by atoms with E-state index < -0.39 is 0 Å². The highest BCUT2D eigenvalue weighted by Gasteiger charge is 2.10. The first-order valence-corrected chi connectivity index (χ1v) is 5.71. The molecule has 1 atom stereocenters. The first-order valence-electron chi connectivity index (χ1n) is 5.71. The summed E-state index contributed by atoms with van der Waals surface area (Å²) in [5.74, 6) is -0.183. The van der Waals surface area contributed by atoms with Gasteiger partial charge in [0.05, 0.1) is 12.5 Å². The second-order valence-electron chi connectivity index (χ2n) is 4.26. The zero-order chi connectivity index (χ0) is 13.1. The van der Waals surface area contributed by atoms with Crippen LogP contribution in [-0.4, -0.2) is 15.5 Å². The average Bonchev–Trinajstić information content (AvgIpc) is 2.76. The smallest absolute Gasteiger partial charge is 0.273 e. The summed E-state index contributed by atoms with van der Waals surface area (Å²) in [6.07, 6.45) is 3.12. The van der Waals surface area contributed by atoms with Gasteiger partial charge in [-0.05, 0) is 24.6 Å². The van der Waals surface area contributed by atoms with Crippen molar-refractivity contribution in [2.45, 2.75) is 13.0 Å². The Labute approximate surface area is 106 Å². The maximum Gasteiger partial charge on any atom is 0.273 e. The molecule has 0 bridgehead atoms. The van der Waals surface area contributed by atoms with Gasteiger partial charge in [-0.2, -0.15) is 0 Å². The van der Waals surface area contributed by atoms with E-state index in [2.05, 4.69) is 10.3 Å². The lowest BCUT2D eigenvalue weighted by Gasteiger charge is -2.09. The van der Waals surface area contributed by atoms with E-state index in [9.17, 15) is 4.79 Å².